The van der Waals surface area contributed by atoms with E-state index in [-0.39, 0.29) is 24.0 Å². The molecule has 0 saturated carbocycles. The number of carbonyl (C=O) groups excluding carboxylic acids is 1. The fourth-order valence-corrected chi connectivity index (χ4v) is 3.60. The van der Waals surface area contributed by atoms with Crippen LogP contribution in [0.2, 0.25) is 0 Å². The van der Waals surface area contributed by atoms with E-state index in [9.17, 15) is 18.0 Å². The Morgan fingerprint density at radius 3 is 2.41 bits per heavy atom. The Morgan fingerprint density at radius 2 is 1.81 bits per heavy atom. The molecule has 0 aromatic heterocycles. The molecule has 0 radical (unpaired) electrons. The summed E-state index contributed by atoms with van der Waals surface area (Å²) in [5.41, 5.74) is 8.50. The minimum atomic E-state index is -3.34. The van der Waals surface area contributed by atoms with E-state index in [0.29, 0.717) is 30.5 Å². The summed E-state index contributed by atoms with van der Waals surface area (Å²) in [5, 5.41) is 0. The number of nitrogens with one attached hydrogen (secondary N) is 1. The molecule has 1 saturated heterocycles. The Hall–Kier alpha value is -1.97. The number of hydrogen-bond acceptors (Lipinski definition) is 2. The van der Waals surface area contributed by atoms with E-state index >= 15 is 4.39 Å². The van der Waals surface area contributed by atoms with Crippen LogP contribution in [0.1, 0.15) is 32.3 Å². The topological polar surface area (TPSA) is 61.2 Å². The van der Waals surface area contributed by atoms with E-state index in [1.165, 1.54) is 30.3 Å². The quantitative estimate of drug-likeness (QED) is 0.303. The average Bonchev–Trinajstić information content (AvgIpc) is 3.02. The van der Waals surface area contributed by atoms with Crippen LogP contribution in [-0.4, -0.2) is 35.4 Å². The molecular weight excluding hydrogens is 602 g/mol. The van der Waals surface area contributed by atoms with Crippen LogP contribution in [-0.2, 0) is 33.3 Å². The summed E-state index contributed by atoms with van der Waals surface area (Å²) in [6, 6.07) is 6.99. The Labute approximate surface area is 196 Å². The molecular formula is C23H26F4N2O2Os-2. The molecule has 0 bridgehead atoms. The van der Waals surface area contributed by atoms with Crippen molar-refractivity contribution in [2.45, 2.75) is 51.1 Å². The van der Waals surface area contributed by atoms with Gasteiger partial charge in [0.2, 0.25) is 5.91 Å². The van der Waals surface area contributed by atoms with Gasteiger partial charge in [-0.2, -0.15) is 6.92 Å². The van der Waals surface area contributed by atoms with Gasteiger partial charge < -0.3 is 17.6 Å². The first-order valence-electron chi connectivity index (χ1n) is 10.0. The number of halogens is 4. The van der Waals surface area contributed by atoms with E-state index in [0.717, 1.165) is 4.90 Å². The Bertz CT molecular complexity index is 898. The summed E-state index contributed by atoms with van der Waals surface area (Å²) < 4.78 is 65.1. The molecule has 3 rings (SSSR count). The molecule has 178 valence electrons. The summed E-state index contributed by atoms with van der Waals surface area (Å²) in [6.07, 6.45) is 0.402. The predicted octanol–water partition coefficient (Wildman–Crippen LogP) is 5.96. The zero-order chi connectivity index (χ0) is 24.5. The van der Waals surface area contributed by atoms with Gasteiger partial charge in [-0.3, -0.25) is 4.79 Å². The fraction of sp³-hybridized carbons (Fsp3) is 0.391. The molecule has 1 aliphatic heterocycles. The average molecular weight is 629 g/mol. The summed E-state index contributed by atoms with van der Waals surface area (Å²) in [7, 11) is 0. The second-order valence-corrected chi connectivity index (χ2v) is 7.07. The van der Waals surface area contributed by atoms with Crippen molar-refractivity contribution >= 4 is 5.91 Å². The van der Waals surface area contributed by atoms with Crippen LogP contribution in [0.25, 0.3) is 16.9 Å². The predicted molar refractivity (Wildman–Crippen MR) is 111 cm³/mol. The van der Waals surface area contributed by atoms with E-state index in [1.54, 1.807) is 26.0 Å². The Morgan fingerprint density at radius 1 is 1.19 bits per heavy atom. The van der Waals surface area contributed by atoms with Crippen LogP contribution in [0.5, 0.6) is 0 Å². The number of hydrogen-bond donors (Lipinski definition) is 0. The number of likely N-dealkylation sites (tertiary alicyclic amines) is 1. The van der Waals surface area contributed by atoms with Crippen molar-refractivity contribution < 1.29 is 44.4 Å². The SMILES string of the molecule is CCCC(=O)N1CC(F)(F)[C@H]([NH-])[C@@H]1Cc1cccc(-c2cccc(F)c2)c1F.[CH2-]C.[O]=[Os]. The van der Waals surface area contributed by atoms with Crippen molar-refractivity contribution in [2.75, 3.05) is 6.54 Å². The van der Waals surface area contributed by atoms with Gasteiger partial charge in [0, 0.05) is 18.0 Å². The third kappa shape index (κ3) is 6.52. The van der Waals surface area contributed by atoms with Gasteiger partial charge in [0.05, 0.1) is 6.54 Å². The molecule has 1 fully saturated rings. The molecule has 0 spiro atoms. The molecule has 32 heavy (non-hydrogen) atoms. The van der Waals surface area contributed by atoms with Crippen LogP contribution in [0.15, 0.2) is 42.5 Å². The van der Waals surface area contributed by atoms with Crippen molar-refractivity contribution in [3.8, 4) is 11.1 Å². The minimum absolute atomic E-state index is 0.102. The molecule has 1 N–H and O–H groups in total. The number of nitrogens with zero attached hydrogens (tertiary/aromatic N) is 1. The molecule has 2 aromatic carbocycles. The first kappa shape index (κ1) is 28.1. The van der Waals surface area contributed by atoms with Crippen molar-refractivity contribution in [3.05, 3.63) is 72.3 Å². The summed E-state index contributed by atoms with van der Waals surface area (Å²) >= 11 is 0.611. The molecule has 9 heteroatoms. The number of rotatable bonds is 5. The van der Waals surface area contributed by atoms with Gasteiger partial charge in [-0.25, -0.2) is 17.6 Å². The number of amides is 1. The summed E-state index contributed by atoms with van der Waals surface area (Å²) in [5.74, 6) is -4.97. The van der Waals surface area contributed by atoms with E-state index in [4.69, 9.17) is 9.27 Å². The van der Waals surface area contributed by atoms with Crippen LogP contribution in [0.3, 0.4) is 0 Å². The molecule has 1 aliphatic rings. The molecule has 4 nitrogen and oxygen atoms in total. The van der Waals surface area contributed by atoms with Gasteiger partial charge in [0.25, 0.3) is 5.92 Å². The van der Waals surface area contributed by atoms with Crippen LogP contribution in [0, 0.1) is 18.6 Å². The Kier molecular flexibility index (Phi) is 11.3. The monoisotopic (exact) mass is 630 g/mol. The molecule has 0 unspecified atom stereocenters. The summed E-state index contributed by atoms with van der Waals surface area (Å²) in [6.45, 7) is 5.94. The maximum atomic E-state index is 15.1. The molecule has 2 aromatic rings. The van der Waals surface area contributed by atoms with Crippen molar-refractivity contribution in [2.24, 2.45) is 0 Å². The first-order chi connectivity index (χ1) is 15.2. The van der Waals surface area contributed by atoms with Gasteiger partial charge in [-0.1, -0.05) is 37.3 Å². The molecule has 1 amide bonds. The normalized spacial score (nSPS) is 18.8. The second kappa shape index (κ2) is 12.9. The maximum absolute atomic E-state index is 15.1. The van der Waals surface area contributed by atoms with E-state index < -0.39 is 42.1 Å². The molecule has 0 aliphatic carbocycles. The Balaban J connectivity index is 0.00000121. The fourth-order valence-electron chi connectivity index (χ4n) is 3.60. The number of benzene rings is 2. The van der Waals surface area contributed by atoms with Gasteiger partial charge >= 0.3 is 22.1 Å². The third-order valence-corrected chi connectivity index (χ3v) is 5.05. The van der Waals surface area contributed by atoms with Gasteiger partial charge in [0.15, 0.2) is 0 Å². The van der Waals surface area contributed by atoms with Gasteiger partial charge in [-0.15, -0.1) is 0 Å². The first-order valence-corrected chi connectivity index (χ1v) is 11.0. The van der Waals surface area contributed by atoms with Crippen molar-refractivity contribution in [1.82, 2.24) is 4.90 Å². The molecule has 1 heterocycles. The van der Waals surface area contributed by atoms with Crippen molar-refractivity contribution in [1.29, 1.82) is 0 Å². The van der Waals surface area contributed by atoms with Gasteiger partial charge in [0.1, 0.15) is 11.6 Å². The van der Waals surface area contributed by atoms with Gasteiger partial charge in [-0.05, 0) is 42.1 Å². The van der Waals surface area contributed by atoms with Crippen molar-refractivity contribution in [3.63, 3.8) is 0 Å². The standard InChI is InChI=1S/C21H21F4N2O.C2H5.O.Os/c1-2-5-18(28)27-12-21(24,25)20(26)17(27)11-14-7-4-9-16(19(14)23)13-6-3-8-15(22)10-13;1-2;;/h3-4,6-10,17,20,26H,2,5,11-12H2,1H3;1H2,2H3;;/q2*-1;;/t17-,20+;;;/m0.../s1. The van der Waals surface area contributed by atoms with Crippen LogP contribution in [0.4, 0.5) is 17.6 Å². The number of alkyl halides is 2. The summed E-state index contributed by atoms with van der Waals surface area (Å²) in [4.78, 5) is 13.3. The zero-order valence-electron chi connectivity index (χ0n) is 17.9. The second-order valence-electron chi connectivity index (χ2n) is 7.07. The number of carbonyl (C=O) groups is 1. The van der Waals surface area contributed by atoms with Crippen LogP contribution >= 0.6 is 0 Å². The van der Waals surface area contributed by atoms with E-state index in [1.807, 2.05) is 0 Å². The van der Waals surface area contributed by atoms with Crippen LogP contribution < -0.4 is 0 Å². The third-order valence-electron chi connectivity index (χ3n) is 5.05. The zero-order valence-corrected chi connectivity index (χ0v) is 20.4. The molecule has 2 atom stereocenters. The van der Waals surface area contributed by atoms with E-state index in [2.05, 4.69) is 6.92 Å².